The number of methoxy groups -OCH3 is 1. The van der Waals surface area contributed by atoms with E-state index >= 15 is 0 Å². The number of esters is 1. The van der Waals surface area contributed by atoms with Gasteiger partial charge in [0.15, 0.2) is 6.10 Å². The number of rotatable bonds is 7. The molecule has 1 N–H and O–H groups in total. The van der Waals surface area contributed by atoms with Crippen molar-refractivity contribution < 1.29 is 37.0 Å². The fourth-order valence-electron chi connectivity index (χ4n) is 3.05. The molecular formula is C24H21ClF3NO5. The van der Waals surface area contributed by atoms with E-state index in [1.807, 2.05) is 0 Å². The molecule has 0 radical (unpaired) electrons. The normalized spacial score (nSPS) is 13.1. The van der Waals surface area contributed by atoms with Crippen LogP contribution in [0.3, 0.4) is 0 Å². The lowest BCUT2D eigenvalue weighted by Gasteiger charge is -2.17. The maximum absolute atomic E-state index is 12.8. The van der Waals surface area contributed by atoms with Gasteiger partial charge in [-0.15, -0.1) is 0 Å². The smallest absolute Gasteiger partial charge is 0.416 e. The minimum absolute atomic E-state index is 0.0754. The molecule has 0 fully saturated rings. The highest BCUT2D eigenvalue weighted by Crippen LogP contribution is 2.37. The van der Waals surface area contributed by atoms with Gasteiger partial charge in [0, 0.05) is 0 Å². The van der Waals surface area contributed by atoms with Gasteiger partial charge in [0.25, 0.3) is 5.91 Å². The number of carbonyl (C=O) groups is 2. The van der Waals surface area contributed by atoms with Crippen LogP contribution in [0.15, 0.2) is 54.6 Å². The summed E-state index contributed by atoms with van der Waals surface area (Å²) in [6.45, 7) is 3.03. The molecule has 0 aliphatic carbocycles. The van der Waals surface area contributed by atoms with E-state index in [2.05, 4.69) is 10.1 Å². The Kier molecular flexibility index (Phi) is 7.56. The monoisotopic (exact) mass is 495 g/mol. The van der Waals surface area contributed by atoms with Crippen LogP contribution in [0, 0.1) is 0 Å². The second-order valence-corrected chi connectivity index (χ2v) is 7.84. The van der Waals surface area contributed by atoms with Gasteiger partial charge in [0.2, 0.25) is 0 Å². The number of halogens is 4. The van der Waals surface area contributed by atoms with Crippen molar-refractivity contribution in [1.29, 1.82) is 0 Å². The van der Waals surface area contributed by atoms with Crippen molar-refractivity contribution in [1.82, 2.24) is 5.32 Å². The minimum Gasteiger partial charge on any atom is -0.481 e. The molecule has 0 heterocycles. The molecule has 0 aliphatic rings. The van der Waals surface area contributed by atoms with E-state index in [9.17, 15) is 22.8 Å². The van der Waals surface area contributed by atoms with Crippen LogP contribution in [0.25, 0.3) is 10.8 Å². The van der Waals surface area contributed by atoms with E-state index in [0.29, 0.717) is 16.9 Å². The number of ether oxygens (including phenoxy) is 3. The maximum Gasteiger partial charge on any atom is 0.416 e. The van der Waals surface area contributed by atoms with E-state index < -0.39 is 35.8 Å². The fourth-order valence-corrected chi connectivity index (χ4v) is 3.27. The number of amides is 1. The molecule has 2 atom stereocenters. The van der Waals surface area contributed by atoms with Crippen molar-refractivity contribution in [2.75, 3.05) is 7.11 Å². The first-order valence-corrected chi connectivity index (χ1v) is 10.5. The number of nitrogens with one attached hydrogen (secondary N) is 1. The molecule has 3 rings (SSSR count). The maximum atomic E-state index is 12.8. The lowest BCUT2D eigenvalue weighted by Crippen LogP contribution is -2.45. The molecule has 0 spiro atoms. The summed E-state index contributed by atoms with van der Waals surface area (Å²) in [5.74, 6) is -0.250. The second kappa shape index (κ2) is 10.2. The zero-order valence-electron chi connectivity index (χ0n) is 18.4. The van der Waals surface area contributed by atoms with Crippen molar-refractivity contribution in [2.45, 2.75) is 32.2 Å². The van der Waals surface area contributed by atoms with Gasteiger partial charge in [-0.1, -0.05) is 23.7 Å². The van der Waals surface area contributed by atoms with Crippen LogP contribution in [-0.4, -0.2) is 31.1 Å². The first-order chi connectivity index (χ1) is 16.0. The summed E-state index contributed by atoms with van der Waals surface area (Å²) in [6, 6.07) is 12.3. The van der Waals surface area contributed by atoms with Crippen molar-refractivity contribution in [3.05, 3.63) is 65.2 Å². The number of alkyl halides is 3. The Morgan fingerprint density at radius 3 is 2.21 bits per heavy atom. The lowest BCUT2D eigenvalue weighted by atomic mass is 10.1. The number of carbonyl (C=O) groups excluding carboxylic acids is 2. The largest absolute Gasteiger partial charge is 0.481 e. The van der Waals surface area contributed by atoms with Gasteiger partial charge in [-0.05, 0) is 67.1 Å². The van der Waals surface area contributed by atoms with Gasteiger partial charge in [0.05, 0.1) is 17.7 Å². The number of hydrogen-bond acceptors (Lipinski definition) is 5. The van der Waals surface area contributed by atoms with Crippen molar-refractivity contribution in [2.24, 2.45) is 0 Å². The van der Waals surface area contributed by atoms with Crippen LogP contribution in [-0.2, 0) is 20.5 Å². The molecule has 6 nitrogen and oxygen atoms in total. The number of benzene rings is 3. The third-order valence-corrected chi connectivity index (χ3v) is 5.16. The van der Waals surface area contributed by atoms with Gasteiger partial charge in [-0.3, -0.25) is 4.79 Å². The molecule has 0 aromatic heterocycles. The van der Waals surface area contributed by atoms with E-state index in [4.69, 9.17) is 21.1 Å². The Morgan fingerprint density at radius 1 is 0.941 bits per heavy atom. The fraction of sp³-hybridized carbons (Fsp3) is 0.250. The topological polar surface area (TPSA) is 73.9 Å². The average molecular weight is 496 g/mol. The molecule has 0 saturated heterocycles. The molecule has 3 aromatic rings. The van der Waals surface area contributed by atoms with Gasteiger partial charge in [-0.2, -0.15) is 13.2 Å². The molecule has 34 heavy (non-hydrogen) atoms. The lowest BCUT2D eigenvalue weighted by molar-refractivity contribution is -0.145. The number of hydrogen-bond donors (Lipinski definition) is 1. The van der Waals surface area contributed by atoms with Gasteiger partial charge >= 0.3 is 12.1 Å². The molecule has 3 aromatic carbocycles. The van der Waals surface area contributed by atoms with Crippen molar-refractivity contribution >= 4 is 34.2 Å². The Balaban J connectivity index is 1.75. The predicted molar refractivity (Wildman–Crippen MR) is 120 cm³/mol. The minimum atomic E-state index is -4.51. The summed E-state index contributed by atoms with van der Waals surface area (Å²) >= 11 is 5.97. The molecule has 0 aliphatic heterocycles. The molecule has 2 unspecified atom stereocenters. The summed E-state index contributed by atoms with van der Waals surface area (Å²) in [6.07, 6.45) is -5.40. The van der Waals surface area contributed by atoms with Crippen LogP contribution in [0.2, 0.25) is 5.02 Å². The Bertz CT molecular complexity index is 1210. The van der Waals surface area contributed by atoms with Crippen LogP contribution >= 0.6 is 11.6 Å². The highest BCUT2D eigenvalue weighted by atomic mass is 35.5. The van der Waals surface area contributed by atoms with E-state index in [1.54, 1.807) is 36.4 Å². The molecule has 1 amide bonds. The molecule has 180 valence electrons. The van der Waals surface area contributed by atoms with Crippen LogP contribution in [0.1, 0.15) is 19.4 Å². The van der Waals surface area contributed by atoms with E-state index in [-0.39, 0.29) is 10.8 Å². The van der Waals surface area contributed by atoms with Crippen LogP contribution in [0.4, 0.5) is 13.2 Å². The highest BCUT2D eigenvalue weighted by Gasteiger charge is 2.31. The van der Waals surface area contributed by atoms with E-state index in [0.717, 1.165) is 23.6 Å². The predicted octanol–water partition coefficient (Wildman–Crippen LogP) is 5.75. The Labute approximate surface area is 198 Å². The molecular weight excluding hydrogens is 475 g/mol. The summed E-state index contributed by atoms with van der Waals surface area (Å²) in [7, 11) is 1.23. The van der Waals surface area contributed by atoms with E-state index in [1.165, 1.54) is 21.0 Å². The third kappa shape index (κ3) is 6.11. The number of fused-ring (bicyclic) bond motifs is 1. The summed E-state index contributed by atoms with van der Waals surface area (Å²) in [4.78, 5) is 23.7. The zero-order chi connectivity index (χ0) is 25.0. The Morgan fingerprint density at radius 2 is 1.59 bits per heavy atom. The highest BCUT2D eigenvalue weighted by molar-refractivity contribution is 6.32. The first kappa shape index (κ1) is 25.2. The quantitative estimate of drug-likeness (QED) is 0.422. The van der Waals surface area contributed by atoms with Gasteiger partial charge in [0.1, 0.15) is 23.3 Å². The molecule has 0 bridgehead atoms. The van der Waals surface area contributed by atoms with Gasteiger partial charge in [-0.25, -0.2) is 4.79 Å². The van der Waals surface area contributed by atoms with Crippen molar-refractivity contribution in [3.8, 4) is 17.2 Å². The third-order valence-electron chi connectivity index (χ3n) is 4.87. The van der Waals surface area contributed by atoms with Crippen LogP contribution in [0.5, 0.6) is 17.2 Å². The average Bonchev–Trinajstić information content (AvgIpc) is 2.78. The zero-order valence-corrected chi connectivity index (χ0v) is 19.2. The summed E-state index contributed by atoms with van der Waals surface area (Å²) < 4.78 is 54.4. The van der Waals surface area contributed by atoms with Gasteiger partial charge < -0.3 is 19.5 Å². The Hall–Kier alpha value is -3.46. The molecule has 10 heteroatoms. The second-order valence-electron chi connectivity index (χ2n) is 7.43. The first-order valence-electron chi connectivity index (χ1n) is 10.1. The summed E-state index contributed by atoms with van der Waals surface area (Å²) in [5.41, 5.74) is -0.871. The van der Waals surface area contributed by atoms with Crippen molar-refractivity contribution in [3.63, 3.8) is 0 Å². The SMILES string of the molecule is COC(=O)C(C)NC(=O)C(C)Oc1ccc2ccc(Oc3ccc(C(F)(F)F)cc3Cl)cc2c1. The van der Waals surface area contributed by atoms with Crippen LogP contribution < -0.4 is 14.8 Å². The standard InChI is InChI=1S/C24H21ClF3NO5/c1-13(23(31)32-3)29-22(30)14(2)33-18-7-4-15-5-8-19(11-16(15)10-18)34-21-9-6-17(12-20(21)25)24(26,27)28/h4-14H,1-3H3,(H,29,30). The molecule has 0 saturated carbocycles. The summed E-state index contributed by atoms with van der Waals surface area (Å²) in [5, 5.41) is 3.87.